The summed E-state index contributed by atoms with van der Waals surface area (Å²) in [7, 11) is 1.70. The van der Waals surface area contributed by atoms with Crippen LogP contribution in [-0.4, -0.2) is 25.9 Å². The van der Waals surface area contributed by atoms with Gasteiger partial charge in [0, 0.05) is 12.6 Å². The Balaban J connectivity index is 1.74. The lowest BCUT2D eigenvalue weighted by atomic mass is 9.77. The zero-order valence-corrected chi connectivity index (χ0v) is 12.0. The molecule has 2 N–H and O–H groups in total. The Morgan fingerprint density at radius 3 is 2.84 bits per heavy atom. The van der Waals surface area contributed by atoms with E-state index in [0.717, 1.165) is 31.1 Å². The van der Waals surface area contributed by atoms with Crippen LogP contribution < -0.4 is 10.5 Å². The highest BCUT2D eigenvalue weighted by atomic mass is 16.5. The van der Waals surface area contributed by atoms with Crippen molar-refractivity contribution in [1.29, 1.82) is 0 Å². The first-order valence-corrected chi connectivity index (χ1v) is 7.21. The molecule has 1 aromatic carbocycles. The van der Waals surface area contributed by atoms with Crippen LogP contribution in [0.25, 0.3) is 0 Å². The fourth-order valence-electron chi connectivity index (χ4n) is 2.85. The summed E-state index contributed by atoms with van der Waals surface area (Å²) in [5.41, 5.74) is 7.50. The second-order valence-corrected chi connectivity index (χ2v) is 5.47. The third-order valence-electron chi connectivity index (χ3n) is 3.86. The number of ether oxygens (including phenoxy) is 2. The second kappa shape index (κ2) is 6.92. The van der Waals surface area contributed by atoms with Gasteiger partial charge in [-0.05, 0) is 56.2 Å². The van der Waals surface area contributed by atoms with Gasteiger partial charge in [-0.2, -0.15) is 0 Å². The van der Waals surface area contributed by atoms with Crippen molar-refractivity contribution in [3.05, 3.63) is 29.8 Å². The van der Waals surface area contributed by atoms with Crippen LogP contribution in [0.15, 0.2) is 24.3 Å². The molecule has 0 bridgehead atoms. The molecule has 0 aromatic heterocycles. The summed E-state index contributed by atoms with van der Waals surface area (Å²) < 4.78 is 10.8. The minimum Gasteiger partial charge on any atom is -0.497 e. The first-order chi connectivity index (χ1) is 9.21. The Bertz CT molecular complexity index is 388. The average Bonchev–Trinajstić information content (AvgIpc) is 2.36. The molecule has 1 fully saturated rings. The van der Waals surface area contributed by atoms with Crippen molar-refractivity contribution >= 4 is 0 Å². The summed E-state index contributed by atoms with van der Waals surface area (Å²) in [6.07, 6.45) is 4.87. The predicted octanol–water partition coefficient (Wildman–Crippen LogP) is 2.77. The fraction of sp³-hybridized carbons (Fsp3) is 0.625. The Morgan fingerprint density at radius 1 is 1.37 bits per heavy atom. The minimum atomic E-state index is 0.236. The maximum absolute atomic E-state index is 6.25. The molecular formula is C16H25NO2. The number of methoxy groups -OCH3 is 1. The molecule has 0 aliphatic heterocycles. The standard InChI is InChI=1S/C16H25NO2/c1-3-19-16-10-13(11-16)8-14(17)7-12-5-4-6-15(9-12)18-2/h4-6,9,13-14,16H,3,7-8,10-11,17H2,1-2H3. The SMILES string of the molecule is CCOC1CC(CC(N)Cc2cccc(OC)c2)C1. The minimum absolute atomic E-state index is 0.236. The topological polar surface area (TPSA) is 44.5 Å². The average molecular weight is 263 g/mol. The molecule has 0 spiro atoms. The maximum atomic E-state index is 6.25. The predicted molar refractivity (Wildman–Crippen MR) is 77.4 cm³/mol. The third kappa shape index (κ3) is 4.22. The van der Waals surface area contributed by atoms with E-state index < -0.39 is 0 Å². The van der Waals surface area contributed by atoms with Crippen LogP contribution >= 0.6 is 0 Å². The van der Waals surface area contributed by atoms with Gasteiger partial charge in [-0.1, -0.05) is 12.1 Å². The van der Waals surface area contributed by atoms with Crippen molar-refractivity contribution in [3.63, 3.8) is 0 Å². The van der Waals surface area contributed by atoms with Gasteiger partial charge in [0.25, 0.3) is 0 Å². The molecule has 19 heavy (non-hydrogen) atoms. The smallest absolute Gasteiger partial charge is 0.119 e. The highest BCUT2D eigenvalue weighted by Gasteiger charge is 2.30. The first-order valence-electron chi connectivity index (χ1n) is 7.21. The van der Waals surface area contributed by atoms with Gasteiger partial charge in [-0.15, -0.1) is 0 Å². The number of rotatable bonds is 7. The summed E-state index contributed by atoms with van der Waals surface area (Å²) in [5, 5.41) is 0. The molecule has 3 nitrogen and oxygen atoms in total. The molecule has 1 aliphatic rings. The van der Waals surface area contributed by atoms with E-state index in [2.05, 4.69) is 19.1 Å². The molecule has 1 aliphatic carbocycles. The number of benzene rings is 1. The number of hydrogen-bond acceptors (Lipinski definition) is 3. The molecule has 1 atom stereocenters. The van der Waals surface area contributed by atoms with E-state index in [1.165, 1.54) is 18.4 Å². The van der Waals surface area contributed by atoms with Crippen molar-refractivity contribution in [3.8, 4) is 5.75 Å². The quantitative estimate of drug-likeness (QED) is 0.822. The van der Waals surface area contributed by atoms with Gasteiger partial charge < -0.3 is 15.2 Å². The molecule has 1 unspecified atom stereocenters. The Hall–Kier alpha value is -1.06. The normalized spacial score (nSPS) is 23.7. The molecule has 0 amide bonds. The summed E-state index contributed by atoms with van der Waals surface area (Å²) in [5.74, 6) is 1.65. The van der Waals surface area contributed by atoms with E-state index in [1.54, 1.807) is 7.11 Å². The zero-order valence-electron chi connectivity index (χ0n) is 12.0. The summed E-state index contributed by atoms with van der Waals surface area (Å²) in [4.78, 5) is 0. The van der Waals surface area contributed by atoms with Gasteiger partial charge in [-0.3, -0.25) is 0 Å². The largest absolute Gasteiger partial charge is 0.497 e. The van der Waals surface area contributed by atoms with Gasteiger partial charge in [0.1, 0.15) is 5.75 Å². The van der Waals surface area contributed by atoms with Crippen LogP contribution in [0.3, 0.4) is 0 Å². The summed E-state index contributed by atoms with van der Waals surface area (Å²) in [6.45, 7) is 2.88. The Kier molecular flexibility index (Phi) is 5.23. The monoisotopic (exact) mass is 263 g/mol. The van der Waals surface area contributed by atoms with Crippen LogP contribution in [0, 0.1) is 5.92 Å². The highest BCUT2D eigenvalue weighted by Crippen LogP contribution is 2.33. The Labute approximate surface area is 116 Å². The van der Waals surface area contributed by atoms with E-state index in [-0.39, 0.29) is 6.04 Å². The van der Waals surface area contributed by atoms with Crippen LogP contribution in [0.5, 0.6) is 5.75 Å². The molecule has 1 saturated carbocycles. The third-order valence-corrected chi connectivity index (χ3v) is 3.86. The van der Waals surface area contributed by atoms with E-state index in [4.69, 9.17) is 15.2 Å². The lowest BCUT2D eigenvalue weighted by molar-refractivity contribution is -0.0280. The maximum Gasteiger partial charge on any atom is 0.119 e. The highest BCUT2D eigenvalue weighted by molar-refractivity contribution is 5.28. The summed E-state index contributed by atoms with van der Waals surface area (Å²) >= 11 is 0. The fourth-order valence-corrected chi connectivity index (χ4v) is 2.85. The Morgan fingerprint density at radius 2 is 2.16 bits per heavy atom. The molecule has 3 heteroatoms. The molecular weight excluding hydrogens is 238 g/mol. The van der Waals surface area contributed by atoms with E-state index in [1.807, 2.05) is 12.1 Å². The van der Waals surface area contributed by atoms with Crippen molar-refractivity contribution in [2.45, 2.75) is 44.8 Å². The van der Waals surface area contributed by atoms with Crippen molar-refractivity contribution in [2.24, 2.45) is 11.7 Å². The van der Waals surface area contributed by atoms with E-state index in [0.29, 0.717) is 6.10 Å². The molecule has 106 valence electrons. The van der Waals surface area contributed by atoms with Gasteiger partial charge in [0.05, 0.1) is 13.2 Å². The molecule has 0 heterocycles. The lowest BCUT2D eigenvalue weighted by Gasteiger charge is -2.36. The van der Waals surface area contributed by atoms with Crippen LogP contribution in [0.1, 0.15) is 31.7 Å². The lowest BCUT2D eigenvalue weighted by Crippen LogP contribution is -2.36. The van der Waals surface area contributed by atoms with Crippen LogP contribution in [-0.2, 0) is 11.2 Å². The van der Waals surface area contributed by atoms with Gasteiger partial charge in [0.15, 0.2) is 0 Å². The number of hydrogen-bond donors (Lipinski definition) is 1. The van der Waals surface area contributed by atoms with Crippen LogP contribution in [0.2, 0.25) is 0 Å². The second-order valence-electron chi connectivity index (χ2n) is 5.47. The van der Waals surface area contributed by atoms with E-state index in [9.17, 15) is 0 Å². The van der Waals surface area contributed by atoms with E-state index >= 15 is 0 Å². The van der Waals surface area contributed by atoms with Gasteiger partial charge in [-0.25, -0.2) is 0 Å². The van der Waals surface area contributed by atoms with Crippen molar-refractivity contribution in [1.82, 2.24) is 0 Å². The molecule has 2 rings (SSSR count). The van der Waals surface area contributed by atoms with Crippen molar-refractivity contribution in [2.75, 3.05) is 13.7 Å². The first kappa shape index (κ1) is 14.4. The molecule has 0 saturated heterocycles. The number of nitrogens with two attached hydrogens (primary N) is 1. The van der Waals surface area contributed by atoms with Crippen LogP contribution in [0.4, 0.5) is 0 Å². The van der Waals surface area contributed by atoms with Gasteiger partial charge >= 0.3 is 0 Å². The molecule has 1 aromatic rings. The van der Waals surface area contributed by atoms with Gasteiger partial charge in [0.2, 0.25) is 0 Å². The zero-order chi connectivity index (χ0) is 13.7. The van der Waals surface area contributed by atoms with Crippen molar-refractivity contribution < 1.29 is 9.47 Å². The molecule has 0 radical (unpaired) electrons. The summed E-state index contributed by atoms with van der Waals surface area (Å²) in [6, 6.07) is 8.42.